The van der Waals surface area contributed by atoms with Crippen LogP contribution in [0.15, 0.2) is 0 Å². The maximum absolute atomic E-state index is 3.64. The first-order valence-electron chi connectivity index (χ1n) is 6.38. The van der Waals surface area contributed by atoms with Crippen molar-refractivity contribution in [3.05, 3.63) is 0 Å². The predicted molar refractivity (Wildman–Crippen MR) is 67.1 cm³/mol. The zero-order valence-corrected chi connectivity index (χ0v) is 11.1. The Kier molecular flexibility index (Phi) is 4.60. The Morgan fingerprint density at radius 2 is 2.07 bits per heavy atom. The van der Waals surface area contributed by atoms with Crippen molar-refractivity contribution in [2.24, 2.45) is 11.3 Å². The van der Waals surface area contributed by atoms with E-state index in [-0.39, 0.29) is 0 Å². The van der Waals surface area contributed by atoms with Gasteiger partial charge in [-0.1, -0.05) is 41.0 Å². The van der Waals surface area contributed by atoms with Gasteiger partial charge in [-0.25, -0.2) is 0 Å². The van der Waals surface area contributed by atoms with Crippen molar-refractivity contribution in [1.29, 1.82) is 0 Å². The molecule has 0 saturated carbocycles. The first kappa shape index (κ1) is 13.0. The highest BCUT2D eigenvalue weighted by atomic mass is 15.2. The predicted octanol–water partition coefficient (Wildman–Crippen LogP) is 2.35. The fourth-order valence-electron chi connectivity index (χ4n) is 2.32. The Balaban J connectivity index is 2.42. The quantitative estimate of drug-likeness (QED) is 0.772. The summed E-state index contributed by atoms with van der Waals surface area (Å²) in [6, 6.07) is 0.700. The van der Waals surface area contributed by atoms with Crippen molar-refractivity contribution in [1.82, 2.24) is 10.2 Å². The van der Waals surface area contributed by atoms with Crippen LogP contribution in [0.5, 0.6) is 0 Å². The lowest BCUT2D eigenvalue weighted by Gasteiger charge is -2.39. The van der Waals surface area contributed by atoms with Crippen molar-refractivity contribution in [3.63, 3.8) is 0 Å². The molecule has 2 atom stereocenters. The van der Waals surface area contributed by atoms with Crippen LogP contribution in [0, 0.1) is 11.3 Å². The number of hydrogen-bond acceptors (Lipinski definition) is 2. The SMILES string of the molecule is CCC(C)C1CN(CC(C)(C)C)CCN1. The number of nitrogens with one attached hydrogen (secondary N) is 1. The zero-order chi connectivity index (χ0) is 11.5. The van der Waals surface area contributed by atoms with E-state index in [2.05, 4.69) is 44.8 Å². The van der Waals surface area contributed by atoms with Crippen LogP contribution in [0.2, 0.25) is 0 Å². The van der Waals surface area contributed by atoms with Gasteiger partial charge in [0.15, 0.2) is 0 Å². The maximum Gasteiger partial charge on any atom is 0.0221 e. The zero-order valence-electron chi connectivity index (χ0n) is 11.1. The van der Waals surface area contributed by atoms with Crippen LogP contribution in [0.25, 0.3) is 0 Å². The minimum absolute atomic E-state index is 0.428. The van der Waals surface area contributed by atoms with Crippen LogP contribution in [0.3, 0.4) is 0 Å². The highest BCUT2D eigenvalue weighted by molar-refractivity contribution is 4.83. The number of piperazine rings is 1. The third-order valence-electron chi connectivity index (χ3n) is 3.32. The van der Waals surface area contributed by atoms with Crippen LogP contribution in [-0.4, -0.2) is 37.1 Å². The molecule has 0 aromatic carbocycles. The van der Waals surface area contributed by atoms with Gasteiger partial charge >= 0.3 is 0 Å². The van der Waals surface area contributed by atoms with E-state index in [0.29, 0.717) is 11.5 Å². The highest BCUT2D eigenvalue weighted by Gasteiger charge is 2.25. The molecule has 1 fully saturated rings. The highest BCUT2D eigenvalue weighted by Crippen LogP contribution is 2.18. The molecule has 0 aromatic heterocycles. The minimum Gasteiger partial charge on any atom is -0.311 e. The van der Waals surface area contributed by atoms with Gasteiger partial charge in [0.1, 0.15) is 0 Å². The van der Waals surface area contributed by atoms with Crippen LogP contribution in [0.1, 0.15) is 41.0 Å². The van der Waals surface area contributed by atoms with E-state index in [1.165, 1.54) is 26.1 Å². The second-order valence-corrected chi connectivity index (χ2v) is 6.24. The van der Waals surface area contributed by atoms with Crippen molar-refractivity contribution in [2.75, 3.05) is 26.2 Å². The average molecular weight is 212 g/mol. The molecule has 0 amide bonds. The monoisotopic (exact) mass is 212 g/mol. The van der Waals surface area contributed by atoms with Crippen LogP contribution in [-0.2, 0) is 0 Å². The summed E-state index contributed by atoms with van der Waals surface area (Å²) in [5, 5.41) is 3.64. The van der Waals surface area contributed by atoms with E-state index in [4.69, 9.17) is 0 Å². The molecule has 0 aliphatic carbocycles. The average Bonchev–Trinajstić information content (AvgIpc) is 2.14. The molecule has 1 rings (SSSR count). The van der Waals surface area contributed by atoms with Gasteiger partial charge in [0.2, 0.25) is 0 Å². The lowest BCUT2D eigenvalue weighted by Crippen LogP contribution is -2.54. The summed E-state index contributed by atoms with van der Waals surface area (Å²) in [4.78, 5) is 2.62. The first-order valence-corrected chi connectivity index (χ1v) is 6.38. The summed E-state index contributed by atoms with van der Waals surface area (Å²) in [6.07, 6.45) is 1.28. The Bertz CT molecular complexity index is 183. The number of rotatable bonds is 3. The Labute approximate surface area is 95.4 Å². The fraction of sp³-hybridized carbons (Fsp3) is 1.00. The van der Waals surface area contributed by atoms with Crippen LogP contribution < -0.4 is 5.32 Å². The molecule has 1 aliphatic rings. The third-order valence-corrected chi connectivity index (χ3v) is 3.32. The van der Waals surface area contributed by atoms with Gasteiger partial charge in [-0.2, -0.15) is 0 Å². The fourth-order valence-corrected chi connectivity index (χ4v) is 2.32. The molecular weight excluding hydrogens is 184 g/mol. The second-order valence-electron chi connectivity index (χ2n) is 6.24. The minimum atomic E-state index is 0.428. The standard InChI is InChI=1S/C13H28N2/c1-6-11(2)12-9-15(8-7-14-12)10-13(3,4)5/h11-12,14H,6-10H2,1-5H3. The molecule has 2 unspecified atom stereocenters. The summed E-state index contributed by atoms with van der Waals surface area (Å²) in [7, 11) is 0. The molecular formula is C13H28N2. The molecule has 0 bridgehead atoms. The summed E-state index contributed by atoms with van der Waals surface area (Å²) in [5.74, 6) is 0.799. The van der Waals surface area contributed by atoms with E-state index in [1.807, 2.05) is 0 Å². The van der Waals surface area contributed by atoms with Gasteiger partial charge in [-0.15, -0.1) is 0 Å². The van der Waals surface area contributed by atoms with Gasteiger partial charge in [-0.05, 0) is 11.3 Å². The largest absolute Gasteiger partial charge is 0.311 e. The topological polar surface area (TPSA) is 15.3 Å². The lowest BCUT2D eigenvalue weighted by molar-refractivity contribution is 0.127. The molecule has 1 N–H and O–H groups in total. The van der Waals surface area contributed by atoms with Gasteiger partial charge < -0.3 is 5.32 Å². The van der Waals surface area contributed by atoms with Crippen LogP contribution in [0.4, 0.5) is 0 Å². The van der Waals surface area contributed by atoms with Crippen molar-refractivity contribution < 1.29 is 0 Å². The Hall–Kier alpha value is -0.0800. The molecule has 1 saturated heterocycles. The molecule has 15 heavy (non-hydrogen) atoms. The molecule has 0 radical (unpaired) electrons. The molecule has 2 heteroatoms. The van der Waals surface area contributed by atoms with Crippen LogP contribution >= 0.6 is 0 Å². The Morgan fingerprint density at radius 3 is 2.60 bits per heavy atom. The van der Waals surface area contributed by atoms with Crippen molar-refractivity contribution in [2.45, 2.75) is 47.1 Å². The van der Waals surface area contributed by atoms with Crippen molar-refractivity contribution in [3.8, 4) is 0 Å². The van der Waals surface area contributed by atoms with E-state index in [1.54, 1.807) is 0 Å². The van der Waals surface area contributed by atoms with E-state index < -0.39 is 0 Å². The normalized spacial score (nSPS) is 26.6. The lowest BCUT2D eigenvalue weighted by atomic mass is 9.93. The summed E-state index contributed by atoms with van der Waals surface area (Å²) >= 11 is 0. The molecule has 90 valence electrons. The summed E-state index contributed by atoms with van der Waals surface area (Å²) in [5.41, 5.74) is 0.428. The van der Waals surface area contributed by atoms with E-state index in [9.17, 15) is 0 Å². The maximum atomic E-state index is 3.64. The smallest absolute Gasteiger partial charge is 0.0221 e. The third kappa shape index (κ3) is 4.52. The summed E-state index contributed by atoms with van der Waals surface area (Å²) < 4.78 is 0. The summed E-state index contributed by atoms with van der Waals surface area (Å²) in [6.45, 7) is 16.4. The number of hydrogen-bond donors (Lipinski definition) is 1. The molecule has 2 nitrogen and oxygen atoms in total. The number of nitrogens with zero attached hydrogens (tertiary/aromatic N) is 1. The van der Waals surface area contributed by atoms with Gasteiger partial charge in [0.25, 0.3) is 0 Å². The van der Waals surface area contributed by atoms with Gasteiger partial charge in [-0.3, -0.25) is 4.90 Å². The molecule has 0 spiro atoms. The van der Waals surface area contributed by atoms with E-state index >= 15 is 0 Å². The van der Waals surface area contributed by atoms with Gasteiger partial charge in [0.05, 0.1) is 0 Å². The van der Waals surface area contributed by atoms with E-state index in [0.717, 1.165) is 12.5 Å². The first-order chi connectivity index (χ1) is 6.92. The molecule has 0 aromatic rings. The Morgan fingerprint density at radius 1 is 1.40 bits per heavy atom. The molecule has 1 heterocycles. The van der Waals surface area contributed by atoms with Crippen molar-refractivity contribution >= 4 is 0 Å². The second kappa shape index (κ2) is 5.31. The van der Waals surface area contributed by atoms with Gasteiger partial charge in [0, 0.05) is 32.2 Å². The molecule has 1 aliphatic heterocycles.